The maximum Gasteiger partial charge on any atom is 0.224 e. The van der Waals surface area contributed by atoms with Crippen LogP contribution in [0.15, 0.2) is 60.1 Å². The molecular weight excluding hydrogens is 355 g/mol. The molecule has 5 nitrogen and oxygen atoms in total. The number of ketones is 1. The first kappa shape index (κ1) is 17.8. The molecule has 1 amide bonds. The molecule has 1 N–H and O–H groups in total. The molecule has 2 heterocycles. The first-order valence-corrected chi connectivity index (χ1v) is 8.74. The van der Waals surface area contributed by atoms with Gasteiger partial charge in [-0.2, -0.15) is 0 Å². The summed E-state index contributed by atoms with van der Waals surface area (Å²) >= 11 is 1.36. The van der Waals surface area contributed by atoms with Crippen LogP contribution in [0.1, 0.15) is 22.5 Å². The molecular formula is C19H15FN2O3S. The summed E-state index contributed by atoms with van der Waals surface area (Å²) < 4.78 is 18.3. The fraction of sp³-hybridized carbons (Fsp3) is 0.105. The second-order valence-electron chi connectivity index (χ2n) is 5.39. The molecule has 0 atom stereocenters. The number of Topliss-reactive ketones (excluding diaryl/α,β-unsaturated/α-hetero) is 1. The molecule has 1 aromatic carbocycles. The van der Waals surface area contributed by atoms with Gasteiger partial charge >= 0.3 is 0 Å². The number of rotatable bonds is 7. The number of aromatic nitrogens is 1. The van der Waals surface area contributed by atoms with Gasteiger partial charge in [0.05, 0.1) is 16.8 Å². The lowest BCUT2D eigenvalue weighted by Crippen LogP contribution is -2.13. The predicted octanol–water partition coefficient (Wildman–Crippen LogP) is 4.68. The van der Waals surface area contributed by atoms with Crippen molar-refractivity contribution in [2.45, 2.75) is 12.8 Å². The number of hydrogen-bond donors (Lipinski definition) is 1. The molecule has 3 aromatic rings. The summed E-state index contributed by atoms with van der Waals surface area (Å²) in [5.41, 5.74) is 0.505. The second kappa shape index (κ2) is 8.35. The van der Waals surface area contributed by atoms with Gasteiger partial charge in [0.1, 0.15) is 11.6 Å². The van der Waals surface area contributed by atoms with Gasteiger partial charge in [0.15, 0.2) is 5.78 Å². The number of amides is 1. The van der Waals surface area contributed by atoms with Gasteiger partial charge in [0.25, 0.3) is 0 Å². The number of thiophene rings is 1. The molecule has 0 radical (unpaired) electrons. The van der Waals surface area contributed by atoms with Crippen LogP contribution >= 0.6 is 11.3 Å². The molecule has 0 unspecified atom stereocenters. The molecule has 26 heavy (non-hydrogen) atoms. The number of halogens is 1. The van der Waals surface area contributed by atoms with Crippen LogP contribution < -0.4 is 10.1 Å². The quantitative estimate of drug-likeness (QED) is 0.613. The Hall–Kier alpha value is -3.06. The van der Waals surface area contributed by atoms with Gasteiger partial charge in [-0.05, 0) is 41.8 Å². The van der Waals surface area contributed by atoms with E-state index in [-0.39, 0.29) is 30.3 Å². The van der Waals surface area contributed by atoms with Crippen molar-refractivity contribution in [3.05, 3.63) is 70.8 Å². The fourth-order valence-electron chi connectivity index (χ4n) is 2.15. The molecule has 0 fully saturated rings. The van der Waals surface area contributed by atoms with E-state index in [9.17, 15) is 14.0 Å². The van der Waals surface area contributed by atoms with Crippen LogP contribution in [0.25, 0.3) is 0 Å². The average molecular weight is 370 g/mol. The van der Waals surface area contributed by atoms with Crippen LogP contribution in [0.5, 0.6) is 11.6 Å². The number of benzene rings is 1. The number of ether oxygens (including phenoxy) is 1. The number of carbonyl (C=O) groups excluding carboxylic acids is 2. The Bertz CT molecular complexity index is 878. The van der Waals surface area contributed by atoms with E-state index in [1.165, 1.54) is 41.8 Å². The monoisotopic (exact) mass is 370 g/mol. The Balaban J connectivity index is 1.49. The highest BCUT2D eigenvalue weighted by Crippen LogP contribution is 2.21. The summed E-state index contributed by atoms with van der Waals surface area (Å²) in [6.45, 7) is 0. The Labute approximate surface area is 153 Å². The molecule has 0 aliphatic heterocycles. The lowest BCUT2D eigenvalue weighted by Gasteiger charge is -2.07. The molecule has 132 valence electrons. The smallest absolute Gasteiger partial charge is 0.224 e. The van der Waals surface area contributed by atoms with E-state index in [1.54, 1.807) is 24.3 Å². The number of hydrogen-bond acceptors (Lipinski definition) is 5. The lowest BCUT2D eigenvalue weighted by molar-refractivity contribution is -0.116. The summed E-state index contributed by atoms with van der Waals surface area (Å²) in [7, 11) is 0. The first-order chi connectivity index (χ1) is 12.6. The Morgan fingerprint density at radius 1 is 1.08 bits per heavy atom. The van der Waals surface area contributed by atoms with E-state index in [4.69, 9.17) is 4.74 Å². The summed E-state index contributed by atoms with van der Waals surface area (Å²) in [5.74, 6) is 0.131. The highest BCUT2D eigenvalue weighted by atomic mass is 32.1. The van der Waals surface area contributed by atoms with Crippen molar-refractivity contribution < 1.29 is 18.7 Å². The van der Waals surface area contributed by atoms with Gasteiger partial charge in [0.2, 0.25) is 11.8 Å². The largest absolute Gasteiger partial charge is 0.439 e. The molecule has 0 saturated carbocycles. The third kappa shape index (κ3) is 4.97. The van der Waals surface area contributed by atoms with E-state index in [1.807, 2.05) is 5.38 Å². The predicted molar refractivity (Wildman–Crippen MR) is 97.2 cm³/mol. The standard InChI is InChI=1S/C19H15FN2O3S/c20-13-3-6-15(7-4-13)25-19-10-5-14(12-21-19)22-18(24)9-8-16(23)17-2-1-11-26-17/h1-7,10-12H,8-9H2,(H,22,24). The van der Waals surface area contributed by atoms with Crippen LogP contribution in [-0.4, -0.2) is 16.7 Å². The maximum absolute atomic E-state index is 12.9. The van der Waals surface area contributed by atoms with E-state index in [0.29, 0.717) is 22.2 Å². The van der Waals surface area contributed by atoms with Crippen molar-refractivity contribution >= 4 is 28.7 Å². The minimum Gasteiger partial charge on any atom is -0.439 e. The number of pyridine rings is 1. The van der Waals surface area contributed by atoms with Gasteiger partial charge in [-0.25, -0.2) is 9.37 Å². The lowest BCUT2D eigenvalue weighted by atomic mass is 10.2. The number of nitrogens with one attached hydrogen (secondary N) is 1. The second-order valence-corrected chi connectivity index (χ2v) is 6.34. The molecule has 2 aromatic heterocycles. The summed E-state index contributed by atoms with van der Waals surface area (Å²) in [4.78, 5) is 28.6. The minimum absolute atomic E-state index is 0.0451. The molecule has 7 heteroatoms. The topological polar surface area (TPSA) is 68.3 Å². The Kier molecular flexibility index (Phi) is 5.70. The number of anilines is 1. The highest BCUT2D eigenvalue weighted by molar-refractivity contribution is 7.12. The van der Waals surface area contributed by atoms with Crippen molar-refractivity contribution in [1.29, 1.82) is 0 Å². The van der Waals surface area contributed by atoms with E-state index >= 15 is 0 Å². The zero-order valence-corrected chi connectivity index (χ0v) is 14.5. The van der Waals surface area contributed by atoms with Gasteiger partial charge in [-0.15, -0.1) is 11.3 Å². The number of nitrogens with zero attached hydrogens (tertiary/aromatic N) is 1. The van der Waals surface area contributed by atoms with Gasteiger partial charge in [-0.1, -0.05) is 6.07 Å². The van der Waals surface area contributed by atoms with Crippen molar-refractivity contribution in [2.24, 2.45) is 0 Å². The van der Waals surface area contributed by atoms with Crippen LogP contribution in [0.3, 0.4) is 0 Å². The third-order valence-electron chi connectivity index (χ3n) is 3.43. The third-order valence-corrected chi connectivity index (χ3v) is 4.34. The van der Waals surface area contributed by atoms with Crippen molar-refractivity contribution in [3.8, 4) is 11.6 Å². The highest BCUT2D eigenvalue weighted by Gasteiger charge is 2.10. The van der Waals surface area contributed by atoms with Crippen molar-refractivity contribution in [2.75, 3.05) is 5.32 Å². The molecule has 0 bridgehead atoms. The minimum atomic E-state index is -0.346. The Morgan fingerprint density at radius 3 is 2.54 bits per heavy atom. The summed E-state index contributed by atoms with van der Waals surface area (Å²) in [6.07, 6.45) is 1.72. The van der Waals surface area contributed by atoms with E-state index < -0.39 is 0 Å². The number of carbonyl (C=O) groups is 2. The van der Waals surface area contributed by atoms with Gasteiger partial charge in [0, 0.05) is 18.9 Å². The van der Waals surface area contributed by atoms with Crippen molar-refractivity contribution in [1.82, 2.24) is 4.98 Å². The first-order valence-electron chi connectivity index (χ1n) is 7.86. The van der Waals surface area contributed by atoms with Crippen LogP contribution in [-0.2, 0) is 4.79 Å². The van der Waals surface area contributed by atoms with Crippen molar-refractivity contribution in [3.63, 3.8) is 0 Å². The SMILES string of the molecule is O=C(CCC(=O)c1cccs1)Nc1ccc(Oc2ccc(F)cc2)nc1. The molecule has 0 aliphatic carbocycles. The molecule has 0 spiro atoms. The Morgan fingerprint density at radius 2 is 1.88 bits per heavy atom. The zero-order valence-electron chi connectivity index (χ0n) is 13.6. The molecule has 3 rings (SSSR count). The van der Waals surface area contributed by atoms with Gasteiger partial charge in [-0.3, -0.25) is 9.59 Å². The van der Waals surface area contributed by atoms with Gasteiger partial charge < -0.3 is 10.1 Å². The van der Waals surface area contributed by atoms with Crippen LogP contribution in [0.2, 0.25) is 0 Å². The van der Waals surface area contributed by atoms with Crippen LogP contribution in [0.4, 0.5) is 10.1 Å². The molecule has 0 saturated heterocycles. The summed E-state index contributed by atoms with van der Waals surface area (Å²) in [5, 5.41) is 4.51. The van der Waals surface area contributed by atoms with Crippen LogP contribution in [0, 0.1) is 5.82 Å². The van der Waals surface area contributed by atoms with E-state index in [0.717, 1.165) is 0 Å². The normalized spacial score (nSPS) is 10.3. The fourth-order valence-corrected chi connectivity index (χ4v) is 2.84. The molecule has 0 aliphatic rings. The maximum atomic E-state index is 12.9. The average Bonchev–Trinajstić information content (AvgIpc) is 3.18. The van der Waals surface area contributed by atoms with E-state index in [2.05, 4.69) is 10.3 Å². The summed E-state index contributed by atoms with van der Waals surface area (Å²) in [6, 6.07) is 12.4. The zero-order chi connectivity index (χ0) is 18.4.